The monoisotopic (exact) mass is 420 g/mol. The molecule has 1 rings (SSSR count). The maximum absolute atomic E-state index is 11.6. The number of hydrogen-bond acceptors (Lipinski definition) is 3. The van der Waals surface area contributed by atoms with E-state index in [2.05, 4.69) is 49.4 Å². The number of carbonyl (C=O) groups is 1. The average molecular weight is 422 g/mol. The quantitative estimate of drug-likeness (QED) is 0.673. The zero-order valence-electron chi connectivity index (χ0n) is 12.6. The molecule has 4 nitrogen and oxygen atoms in total. The Morgan fingerprint density at radius 3 is 2.43 bits per heavy atom. The van der Waals surface area contributed by atoms with E-state index in [0.717, 1.165) is 27.8 Å². The minimum absolute atomic E-state index is 0.000936. The largest absolute Gasteiger partial charge is 0.491 e. The van der Waals surface area contributed by atoms with E-state index in [1.165, 1.54) is 5.56 Å². The molecule has 0 aliphatic rings. The van der Waals surface area contributed by atoms with Crippen LogP contribution in [0.2, 0.25) is 0 Å². The third kappa shape index (κ3) is 6.80. The fourth-order valence-corrected chi connectivity index (χ4v) is 3.27. The summed E-state index contributed by atoms with van der Waals surface area (Å²) in [6.45, 7) is 8.04. The van der Waals surface area contributed by atoms with Gasteiger partial charge in [-0.2, -0.15) is 0 Å². The Balaban J connectivity index is 2.57. The fourth-order valence-electron chi connectivity index (χ4n) is 1.76. The lowest BCUT2D eigenvalue weighted by atomic mass is 10.2. The normalized spacial score (nSPS) is 10.8. The van der Waals surface area contributed by atoms with Crippen molar-refractivity contribution in [3.8, 4) is 5.75 Å². The molecule has 118 valence electrons. The third-order valence-corrected chi connectivity index (χ3v) is 3.84. The standard InChI is InChI=1S/C15H22Br2N2O2/c1-4-18-9-11-7-12(16)15(13(17)8-11)21-6-5-14(20)19-10(2)3/h7-8,10,18H,4-6,9H2,1-3H3,(H,19,20). The van der Waals surface area contributed by atoms with Crippen LogP contribution in [0.25, 0.3) is 0 Å². The molecule has 1 aromatic carbocycles. The maximum Gasteiger partial charge on any atom is 0.223 e. The second kappa shape index (κ2) is 9.43. The second-order valence-electron chi connectivity index (χ2n) is 4.99. The van der Waals surface area contributed by atoms with Crippen LogP contribution in [0.3, 0.4) is 0 Å². The molecular formula is C15H22Br2N2O2. The van der Waals surface area contributed by atoms with Crippen LogP contribution in [0, 0.1) is 0 Å². The Morgan fingerprint density at radius 1 is 1.29 bits per heavy atom. The summed E-state index contributed by atoms with van der Waals surface area (Å²) in [5.74, 6) is 0.730. The van der Waals surface area contributed by atoms with Crippen LogP contribution in [0.4, 0.5) is 0 Å². The Bertz CT molecular complexity index is 456. The van der Waals surface area contributed by atoms with Gasteiger partial charge < -0.3 is 15.4 Å². The van der Waals surface area contributed by atoms with Gasteiger partial charge in [-0.1, -0.05) is 6.92 Å². The Morgan fingerprint density at radius 2 is 1.90 bits per heavy atom. The zero-order valence-corrected chi connectivity index (χ0v) is 15.8. The van der Waals surface area contributed by atoms with E-state index in [1.54, 1.807) is 0 Å². The van der Waals surface area contributed by atoms with Gasteiger partial charge in [0.1, 0.15) is 5.75 Å². The number of carbonyl (C=O) groups excluding carboxylic acids is 1. The summed E-state index contributed by atoms with van der Waals surface area (Å²) in [6, 6.07) is 4.20. The molecule has 0 fully saturated rings. The lowest BCUT2D eigenvalue weighted by molar-refractivity contribution is -0.122. The first-order valence-corrected chi connectivity index (χ1v) is 8.63. The van der Waals surface area contributed by atoms with E-state index in [4.69, 9.17) is 4.74 Å². The predicted molar refractivity (Wildman–Crippen MR) is 92.6 cm³/mol. The first kappa shape index (κ1) is 18.5. The molecule has 0 aliphatic carbocycles. The van der Waals surface area contributed by atoms with Gasteiger partial charge in [-0.25, -0.2) is 0 Å². The first-order valence-electron chi connectivity index (χ1n) is 7.04. The topological polar surface area (TPSA) is 50.4 Å². The Hall–Kier alpha value is -0.590. The minimum Gasteiger partial charge on any atom is -0.491 e. The number of hydrogen-bond donors (Lipinski definition) is 2. The highest BCUT2D eigenvalue weighted by Gasteiger charge is 2.10. The van der Waals surface area contributed by atoms with Crippen LogP contribution in [0.1, 0.15) is 32.8 Å². The molecule has 6 heteroatoms. The van der Waals surface area contributed by atoms with Crippen LogP contribution in [-0.2, 0) is 11.3 Å². The van der Waals surface area contributed by atoms with E-state index in [-0.39, 0.29) is 11.9 Å². The van der Waals surface area contributed by atoms with Gasteiger partial charge in [-0.05, 0) is 69.9 Å². The second-order valence-corrected chi connectivity index (χ2v) is 6.70. The number of rotatable bonds is 8. The van der Waals surface area contributed by atoms with Gasteiger partial charge in [0.15, 0.2) is 0 Å². The van der Waals surface area contributed by atoms with E-state index in [9.17, 15) is 4.79 Å². The van der Waals surface area contributed by atoms with Crippen molar-refractivity contribution in [1.82, 2.24) is 10.6 Å². The lowest BCUT2D eigenvalue weighted by Gasteiger charge is -2.13. The van der Waals surface area contributed by atoms with Crippen LogP contribution in [-0.4, -0.2) is 25.1 Å². The summed E-state index contributed by atoms with van der Waals surface area (Å²) in [5.41, 5.74) is 1.17. The summed E-state index contributed by atoms with van der Waals surface area (Å²) in [6.07, 6.45) is 0.343. The molecule has 0 spiro atoms. The van der Waals surface area contributed by atoms with Gasteiger partial charge in [0, 0.05) is 12.6 Å². The molecule has 1 aromatic rings. The molecule has 0 heterocycles. The van der Waals surface area contributed by atoms with Crippen molar-refractivity contribution >= 4 is 37.8 Å². The van der Waals surface area contributed by atoms with Crippen molar-refractivity contribution in [2.45, 2.75) is 39.8 Å². The van der Waals surface area contributed by atoms with Gasteiger partial charge in [-0.3, -0.25) is 4.79 Å². The van der Waals surface area contributed by atoms with Crippen molar-refractivity contribution in [3.63, 3.8) is 0 Å². The number of nitrogens with one attached hydrogen (secondary N) is 2. The zero-order chi connectivity index (χ0) is 15.8. The molecule has 0 atom stereocenters. The highest BCUT2D eigenvalue weighted by molar-refractivity contribution is 9.11. The van der Waals surface area contributed by atoms with Crippen LogP contribution in [0.15, 0.2) is 21.1 Å². The lowest BCUT2D eigenvalue weighted by Crippen LogP contribution is -2.31. The molecule has 2 N–H and O–H groups in total. The number of halogens is 2. The molecule has 0 aromatic heterocycles. The minimum atomic E-state index is 0.000936. The molecule has 0 saturated carbocycles. The molecule has 0 aliphatic heterocycles. The highest BCUT2D eigenvalue weighted by atomic mass is 79.9. The summed E-state index contributed by atoms with van der Waals surface area (Å²) < 4.78 is 7.47. The molecule has 0 bridgehead atoms. The summed E-state index contributed by atoms with van der Waals surface area (Å²) in [4.78, 5) is 11.6. The number of benzene rings is 1. The van der Waals surface area contributed by atoms with E-state index >= 15 is 0 Å². The molecule has 0 saturated heterocycles. The maximum atomic E-state index is 11.6. The molecule has 1 amide bonds. The van der Waals surface area contributed by atoms with Gasteiger partial charge in [0.25, 0.3) is 0 Å². The predicted octanol–water partition coefficient (Wildman–Crippen LogP) is 3.61. The van der Waals surface area contributed by atoms with Gasteiger partial charge in [-0.15, -0.1) is 0 Å². The van der Waals surface area contributed by atoms with Crippen molar-refractivity contribution in [1.29, 1.82) is 0 Å². The van der Waals surface area contributed by atoms with Gasteiger partial charge in [0.05, 0.1) is 22.0 Å². The van der Waals surface area contributed by atoms with E-state index in [1.807, 2.05) is 26.0 Å². The molecule has 21 heavy (non-hydrogen) atoms. The van der Waals surface area contributed by atoms with E-state index in [0.29, 0.717) is 13.0 Å². The number of ether oxygens (including phenoxy) is 1. The van der Waals surface area contributed by atoms with Crippen LogP contribution < -0.4 is 15.4 Å². The summed E-state index contributed by atoms with van der Waals surface area (Å²) >= 11 is 7.03. The number of amides is 1. The summed E-state index contributed by atoms with van der Waals surface area (Å²) in [5, 5.41) is 6.12. The average Bonchev–Trinajstić information content (AvgIpc) is 2.38. The summed E-state index contributed by atoms with van der Waals surface area (Å²) in [7, 11) is 0. The van der Waals surface area contributed by atoms with Crippen molar-refractivity contribution in [2.24, 2.45) is 0 Å². The molecule has 0 unspecified atom stereocenters. The fraction of sp³-hybridized carbons (Fsp3) is 0.533. The Labute approximate surface area is 143 Å². The first-order chi connectivity index (χ1) is 9.93. The Kier molecular flexibility index (Phi) is 8.29. The smallest absolute Gasteiger partial charge is 0.223 e. The highest BCUT2D eigenvalue weighted by Crippen LogP contribution is 2.34. The van der Waals surface area contributed by atoms with Crippen molar-refractivity contribution in [2.75, 3.05) is 13.2 Å². The molecular weight excluding hydrogens is 400 g/mol. The SMILES string of the molecule is CCNCc1cc(Br)c(OCCC(=O)NC(C)C)c(Br)c1. The van der Waals surface area contributed by atoms with Crippen molar-refractivity contribution in [3.05, 3.63) is 26.6 Å². The molecule has 0 radical (unpaired) electrons. The van der Waals surface area contributed by atoms with Crippen molar-refractivity contribution < 1.29 is 9.53 Å². The van der Waals surface area contributed by atoms with Gasteiger partial charge >= 0.3 is 0 Å². The third-order valence-electron chi connectivity index (χ3n) is 2.66. The van der Waals surface area contributed by atoms with Crippen LogP contribution in [0.5, 0.6) is 5.75 Å². The van der Waals surface area contributed by atoms with Gasteiger partial charge in [0.2, 0.25) is 5.91 Å². The van der Waals surface area contributed by atoms with E-state index < -0.39 is 0 Å². The van der Waals surface area contributed by atoms with Crippen LogP contribution >= 0.6 is 31.9 Å².